The SMILES string of the molecule is C[C@H]1O[C@H](O[C@H]2[C@@H](O[C@H]3CC[C@@]4(C)[C@H](CC[C@@]5(C)[C@H]4CC=C4[C@H]6[C@@]7(CC[C@@]45C)CC[C@](C)(OC7=O)[C@@]6(C)O)C3(C)C)OC[C@H](O)[C@@H]2O[C@@H]2O[C@H](CO)[C@H](O)[C@H](O)[C@@H]2O[C@H]2O[C@@H](CO)[C@@H](O)[C@@H](O)[C@@H]2O)[C@@H](O)[C@@H](O)[C@H]1O. The lowest BCUT2D eigenvalue weighted by Gasteiger charge is -2.73. The van der Waals surface area contributed by atoms with Gasteiger partial charge < -0.3 is 104 Å². The number of carbonyl (C=O) groups is 1. The van der Waals surface area contributed by atoms with Crippen LogP contribution < -0.4 is 0 Å². The lowest BCUT2D eigenvalue weighted by molar-refractivity contribution is -0.401. The fraction of sp³-hybridized carbons (Fsp3) is 0.943. The molecular weight excluding hydrogens is 989 g/mol. The van der Waals surface area contributed by atoms with E-state index in [1.807, 2.05) is 13.8 Å². The molecule has 0 amide bonds. The third-order valence-electron chi connectivity index (χ3n) is 21.9. The van der Waals surface area contributed by atoms with Gasteiger partial charge in [0, 0.05) is 5.92 Å². The first-order valence-corrected chi connectivity index (χ1v) is 27.3. The van der Waals surface area contributed by atoms with Gasteiger partial charge in [0.05, 0.1) is 37.4 Å². The molecule has 12 N–H and O–H groups in total. The van der Waals surface area contributed by atoms with E-state index in [-0.39, 0.29) is 40.0 Å². The molecule has 29 atom stereocenters. The van der Waals surface area contributed by atoms with Gasteiger partial charge in [0.25, 0.3) is 0 Å². The first kappa shape index (κ1) is 56.7. The molecule has 10 fully saturated rings. The van der Waals surface area contributed by atoms with Crippen LogP contribution in [-0.2, 0) is 47.4 Å². The topological polar surface area (TPSA) is 343 Å². The van der Waals surface area contributed by atoms with Gasteiger partial charge in [-0.1, -0.05) is 46.3 Å². The van der Waals surface area contributed by atoms with Gasteiger partial charge in [0.1, 0.15) is 96.7 Å². The average molecular weight is 1070 g/mol. The standard InChI is InChI=1S/C53H84O22/c1-22-30(57)33(60)36(63)42(68-22)74-40-38(72-45-39(35(62)32(59)26(20-55)70-45)73-43-37(64)34(61)31(58)25(19-54)69-43)24(56)21-67-44(40)71-29-12-13-48(4)27(47(29,2)3)11-14-50(6)28(48)10-9-23-41-52(8,66)51(7)16-18-53(41,46(65)75-51)17-15-49(23,50)5/h9,22,24-45,54-64,66H,10-21H2,1-8H3/t22-,24+,25+,26-,27-,28+,29+,30+,31-,32+,33+,34-,35+,36+,37+,38+,39+,40-,41-,42-,43-,44-,45+,48+,49+,50+,51+,52+,53-/m1/s1. The Morgan fingerprint density at radius 2 is 1.19 bits per heavy atom. The number of ether oxygens (including phenoxy) is 9. The Morgan fingerprint density at radius 1 is 0.600 bits per heavy atom. The molecule has 4 saturated carbocycles. The van der Waals surface area contributed by atoms with Crippen molar-refractivity contribution in [3.05, 3.63) is 11.6 Å². The average Bonchev–Trinajstić information content (AvgIpc) is 3.36. The van der Waals surface area contributed by atoms with Crippen molar-refractivity contribution < 1.29 is 109 Å². The van der Waals surface area contributed by atoms with Gasteiger partial charge in [0.2, 0.25) is 0 Å². The summed E-state index contributed by atoms with van der Waals surface area (Å²) in [4.78, 5) is 13.9. The van der Waals surface area contributed by atoms with Crippen LogP contribution in [-0.4, -0.2) is 221 Å². The first-order valence-electron chi connectivity index (χ1n) is 27.3. The molecule has 0 unspecified atom stereocenters. The fourth-order valence-electron chi connectivity index (χ4n) is 16.9. The number of rotatable bonds is 10. The first-order chi connectivity index (χ1) is 35.1. The molecule has 6 aliphatic heterocycles. The van der Waals surface area contributed by atoms with Gasteiger partial charge in [-0.05, 0) is 112 Å². The molecule has 22 nitrogen and oxygen atoms in total. The zero-order chi connectivity index (χ0) is 54.5. The highest BCUT2D eigenvalue weighted by Crippen LogP contribution is 2.77. The van der Waals surface area contributed by atoms with Gasteiger partial charge in [-0.2, -0.15) is 0 Å². The normalized spacial score (nSPS) is 57.4. The molecule has 0 aromatic heterocycles. The van der Waals surface area contributed by atoms with E-state index in [0.717, 1.165) is 32.1 Å². The monoisotopic (exact) mass is 1070 g/mol. The van der Waals surface area contributed by atoms with Crippen molar-refractivity contribution in [2.24, 2.45) is 44.8 Å². The van der Waals surface area contributed by atoms with E-state index in [9.17, 15) is 66.1 Å². The van der Waals surface area contributed by atoms with Crippen LogP contribution in [0.5, 0.6) is 0 Å². The minimum Gasteiger partial charge on any atom is -0.456 e. The second-order valence-corrected chi connectivity index (χ2v) is 25.8. The molecule has 0 radical (unpaired) electrons. The van der Waals surface area contributed by atoms with Gasteiger partial charge in [-0.15, -0.1) is 0 Å². The van der Waals surface area contributed by atoms with Crippen LogP contribution in [0.1, 0.15) is 113 Å². The van der Waals surface area contributed by atoms with E-state index in [1.54, 1.807) is 0 Å². The van der Waals surface area contributed by atoms with Crippen molar-refractivity contribution in [2.75, 3.05) is 19.8 Å². The largest absolute Gasteiger partial charge is 0.456 e. The van der Waals surface area contributed by atoms with Crippen molar-refractivity contribution in [2.45, 2.75) is 247 Å². The molecule has 0 aromatic carbocycles. The Hall–Kier alpha value is -1.59. The van der Waals surface area contributed by atoms with Crippen LogP contribution in [0.4, 0.5) is 0 Å². The van der Waals surface area contributed by atoms with Crippen LogP contribution >= 0.6 is 0 Å². The second-order valence-electron chi connectivity index (χ2n) is 25.8. The molecule has 0 aromatic rings. The summed E-state index contributed by atoms with van der Waals surface area (Å²) < 4.78 is 55.6. The number of hydrogen-bond acceptors (Lipinski definition) is 22. The molecule has 6 heterocycles. The molecule has 2 bridgehead atoms. The van der Waals surface area contributed by atoms with E-state index in [4.69, 9.17) is 42.6 Å². The number of allylic oxidation sites excluding steroid dienone is 1. The molecule has 22 heteroatoms. The van der Waals surface area contributed by atoms with Crippen LogP contribution in [0.15, 0.2) is 11.6 Å². The third kappa shape index (κ3) is 8.34. The highest BCUT2D eigenvalue weighted by molar-refractivity contribution is 5.82. The second kappa shape index (κ2) is 19.6. The smallest absolute Gasteiger partial charge is 0.313 e. The van der Waals surface area contributed by atoms with Gasteiger partial charge >= 0.3 is 5.97 Å². The van der Waals surface area contributed by atoms with Crippen molar-refractivity contribution >= 4 is 5.97 Å². The summed E-state index contributed by atoms with van der Waals surface area (Å²) in [6, 6.07) is 0. The van der Waals surface area contributed by atoms with E-state index in [2.05, 4.69) is 40.7 Å². The minimum atomic E-state index is -1.96. The number of carbonyl (C=O) groups excluding carboxylic acids is 1. The lowest BCUT2D eigenvalue weighted by Crippen LogP contribution is -2.75. The molecule has 75 heavy (non-hydrogen) atoms. The van der Waals surface area contributed by atoms with Crippen molar-refractivity contribution in [1.29, 1.82) is 0 Å². The Kier molecular flexibility index (Phi) is 14.8. The van der Waals surface area contributed by atoms with E-state index in [0.29, 0.717) is 25.7 Å². The van der Waals surface area contributed by atoms with E-state index >= 15 is 0 Å². The Labute approximate surface area is 437 Å². The number of fused-ring (bicyclic) bond motifs is 7. The maximum Gasteiger partial charge on any atom is 0.313 e. The quantitative estimate of drug-likeness (QED) is 0.0692. The molecule has 11 aliphatic rings. The molecule has 428 valence electrons. The summed E-state index contributed by atoms with van der Waals surface area (Å²) >= 11 is 0. The maximum absolute atomic E-state index is 13.9. The van der Waals surface area contributed by atoms with Crippen LogP contribution in [0.2, 0.25) is 0 Å². The van der Waals surface area contributed by atoms with Crippen LogP contribution in [0.3, 0.4) is 0 Å². The van der Waals surface area contributed by atoms with Crippen molar-refractivity contribution in [1.82, 2.24) is 0 Å². The Morgan fingerprint density at radius 3 is 1.84 bits per heavy atom. The van der Waals surface area contributed by atoms with Gasteiger partial charge in [-0.25, -0.2) is 0 Å². The highest BCUT2D eigenvalue weighted by atomic mass is 16.8. The summed E-state index contributed by atoms with van der Waals surface area (Å²) in [6.07, 6.45) is -23.3. The maximum atomic E-state index is 13.9. The zero-order valence-electron chi connectivity index (χ0n) is 44.3. The van der Waals surface area contributed by atoms with Crippen LogP contribution in [0, 0.1) is 44.8 Å². The highest BCUT2D eigenvalue weighted by Gasteiger charge is 2.77. The third-order valence-corrected chi connectivity index (χ3v) is 21.9. The zero-order valence-corrected chi connectivity index (χ0v) is 44.3. The van der Waals surface area contributed by atoms with Gasteiger partial charge in [-0.3, -0.25) is 4.79 Å². The minimum absolute atomic E-state index is 0.110. The summed E-state index contributed by atoms with van der Waals surface area (Å²) in [6.45, 7) is 14.7. The summed E-state index contributed by atoms with van der Waals surface area (Å²) in [5.41, 5.74) is -2.99. The predicted octanol–water partition coefficient (Wildman–Crippen LogP) is -1.24. The van der Waals surface area contributed by atoms with E-state index < -0.39 is 165 Å². The van der Waals surface area contributed by atoms with Crippen molar-refractivity contribution in [3.63, 3.8) is 0 Å². The fourth-order valence-corrected chi connectivity index (χ4v) is 16.9. The van der Waals surface area contributed by atoms with Crippen molar-refractivity contribution in [3.8, 4) is 0 Å². The summed E-state index contributed by atoms with van der Waals surface area (Å²) in [7, 11) is 0. The molecule has 1 spiro atoms. The molecule has 5 aliphatic carbocycles. The Balaban J connectivity index is 0.936. The molecular formula is C53H84O22. The molecule has 6 saturated heterocycles. The summed E-state index contributed by atoms with van der Waals surface area (Å²) in [5.74, 6) is -0.192. The van der Waals surface area contributed by atoms with E-state index in [1.165, 1.54) is 12.5 Å². The Bertz CT molecular complexity index is 2140. The van der Waals surface area contributed by atoms with Crippen LogP contribution in [0.25, 0.3) is 0 Å². The number of aliphatic hydroxyl groups is 12. The number of esters is 1. The van der Waals surface area contributed by atoms with Gasteiger partial charge in [0.15, 0.2) is 25.2 Å². The predicted molar refractivity (Wildman–Crippen MR) is 255 cm³/mol. The number of hydrogen-bond donors (Lipinski definition) is 12. The summed E-state index contributed by atoms with van der Waals surface area (Å²) in [5, 5.41) is 132. The lowest BCUT2D eigenvalue weighted by atomic mass is 9.32. The molecule has 11 rings (SSSR count). The number of aliphatic hydroxyl groups excluding tert-OH is 11.